The van der Waals surface area contributed by atoms with Crippen LogP contribution in [-0.2, 0) is 0 Å². The molecule has 0 aliphatic heterocycles. The van der Waals surface area contributed by atoms with Gasteiger partial charge in [0.1, 0.15) is 0 Å². The quantitative estimate of drug-likeness (QED) is 0.451. The Morgan fingerprint density at radius 1 is 1.25 bits per heavy atom. The average molecular weight is 199 g/mol. The molecule has 0 heterocycles. The van der Waals surface area contributed by atoms with Crippen molar-refractivity contribution in [3.8, 4) is 0 Å². The van der Waals surface area contributed by atoms with E-state index in [1.807, 2.05) is 18.2 Å². The van der Waals surface area contributed by atoms with Gasteiger partial charge in [0.25, 0.3) is 0 Å². The van der Waals surface area contributed by atoms with Crippen molar-refractivity contribution >= 4 is 28.3 Å². The second-order valence-electron chi connectivity index (χ2n) is 2.84. The predicted molar refractivity (Wildman–Crippen MR) is 60.6 cm³/mol. The van der Waals surface area contributed by atoms with E-state index in [1.54, 1.807) is 0 Å². The molecule has 0 aliphatic rings. The monoisotopic (exact) mass is 199 g/mol. The third-order valence-corrected chi connectivity index (χ3v) is 2.90. The molecule has 1 aromatic rings. The van der Waals surface area contributed by atoms with Crippen LogP contribution in [0.4, 0.5) is 5.69 Å². The van der Waals surface area contributed by atoms with Gasteiger partial charge < -0.3 is 4.31 Å². The molecule has 0 saturated heterocycles. The molecule has 0 radical (unpaired) electrons. The van der Waals surface area contributed by atoms with Crippen LogP contribution >= 0.6 is 22.6 Å². The van der Waals surface area contributed by atoms with Gasteiger partial charge in [-0.3, -0.25) is 0 Å². The molecule has 1 rings (SSSR count). The van der Waals surface area contributed by atoms with E-state index >= 15 is 0 Å². The molecule has 1 aromatic carbocycles. The standard InChI is InChI=1S/C9H13NS2/c1-8(2)10(12-11)9-6-4-3-5-7-9/h3-8,11H,1-2H3. The van der Waals surface area contributed by atoms with Gasteiger partial charge in [0, 0.05) is 22.7 Å². The van der Waals surface area contributed by atoms with Crippen LogP contribution in [0.15, 0.2) is 30.3 Å². The van der Waals surface area contributed by atoms with E-state index in [2.05, 4.69) is 41.9 Å². The van der Waals surface area contributed by atoms with Crippen LogP contribution < -0.4 is 4.31 Å². The lowest BCUT2D eigenvalue weighted by atomic mass is 10.3. The first-order valence-electron chi connectivity index (χ1n) is 3.91. The van der Waals surface area contributed by atoms with Crippen LogP contribution in [0.5, 0.6) is 0 Å². The fraction of sp³-hybridized carbons (Fsp3) is 0.333. The second-order valence-corrected chi connectivity index (χ2v) is 3.88. The zero-order valence-corrected chi connectivity index (χ0v) is 8.98. The number of nitrogens with zero attached hydrogens (tertiary/aromatic N) is 1. The highest BCUT2D eigenvalue weighted by Gasteiger charge is 2.07. The summed E-state index contributed by atoms with van der Waals surface area (Å²) in [7, 11) is 1.46. The lowest BCUT2D eigenvalue weighted by molar-refractivity contribution is 0.840. The highest BCUT2D eigenvalue weighted by atomic mass is 33.1. The minimum atomic E-state index is 0.468. The van der Waals surface area contributed by atoms with Crippen LogP contribution in [0.1, 0.15) is 13.8 Å². The van der Waals surface area contributed by atoms with Crippen LogP contribution in [-0.4, -0.2) is 6.04 Å². The number of hydrogen-bond donors (Lipinski definition) is 1. The molecule has 0 saturated carbocycles. The van der Waals surface area contributed by atoms with Crippen molar-refractivity contribution in [1.29, 1.82) is 0 Å². The first-order chi connectivity index (χ1) is 5.75. The molecule has 0 spiro atoms. The van der Waals surface area contributed by atoms with Gasteiger partial charge in [0.15, 0.2) is 0 Å². The first-order valence-corrected chi connectivity index (χ1v) is 5.74. The average Bonchev–Trinajstić information content (AvgIpc) is 2.07. The van der Waals surface area contributed by atoms with Crippen molar-refractivity contribution in [2.45, 2.75) is 19.9 Å². The molecule has 12 heavy (non-hydrogen) atoms. The van der Waals surface area contributed by atoms with Crippen molar-refractivity contribution in [1.82, 2.24) is 0 Å². The number of rotatable bonds is 3. The van der Waals surface area contributed by atoms with Gasteiger partial charge in [-0.15, -0.1) is 0 Å². The van der Waals surface area contributed by atoms with Crippen LogP contribution in [0.25, 0.3) is 0 Å². The fourth-order valence-electron chi connectivity index (χ4n) is 1.01. The van der Waals surface area contributed by atoms with E-state index in [0.717, 1.165) is 0 Å². The Morgan fingerprint density at radius 3 is 2.25 bits per heavy atom. The molecule has 0 aliphatic carbocycles. The smallest absolute Gasteiger partial charge is 0.0480 e. The number of thiol groups is 1. The van der Waals surface area contributed by atoms with E-state index < -0.39 is 0 Å². The first kappa shape index (κ1) is 9.81. The van der Waals surface area contributed by atoms with Crippen molar-refractivity contribution in [3.05, 3.63) is 30.3 Å². The van der Waals surface area contributed by atoms with Crippen LogP contribution in [0.2, 0.25) is 0 Å². The molecule has 0 bridgehead atoms. The Labute approximate surface area is 83.1 Å². The molecule has 0 fully saturated rings. The zero-order chi connectivity index (χ0) is 8.97. The van der Waals surface area contributed by atoms with E-state index in [4.69, 9.17) is 0 Å². The molecular weight excluding hydrogens is 186 g/mol. The SMILES string of the molecule is CC(C)N(SS)c1ccccc1. The summed E-state index contributed by atoms with van der Waals surface area (Å²) >= 11 is 4.21. The van der Waals surface area contributed by atoms with Gasteiger partial charge in [0.2, 0.25) is 0 Å². The summed E-state index contributed by atoms with van der Waals surface area (Å²) in [5.41, 5.74) is 1.20. The second kappa shape index (κ2) is 4.67. The summed E-state index contributed by atoms with van der Waals surface area (Å²) in [5, 5.41) is 0. The molecule has 0 N–H and O–H groups in total. The van der Waals surface area contributed by atoms with E-state index in [0.29, 0.717) is 6.04 Å². The van der Waals surface area contributed by atoms with Gasteiger partial charge in [-0.1, -0.05) is 29.9 Å². The van der Waals surface area contributed by atoms with Gasteiger partial charge in [-0.05, 0) is 26.0 Å². The van der Waals surface area contributed by atoms with Gasteiger partial charge in [-0.25, -0.2) is 0 Å². The minimum Gasteiger partial charge on any atom is -0.305 e. The van der Waals surface area contributed by atoms with Crippen LogP contribution in [0.3, 0.4) is 0 Å². The Bertz CT molecular complexity index is 223. The van der Waals surface area contributed by atoms with E-state index in [-0.39, 0.29) is 0 Å². The molecule has 66 valence electrons. The molecule has 1 nitrogen and oxygen atoms in total. The third kappa shape index (κ3) is 2.35. The molecule has 0 amide bonds. The van der Waals surface area contributed by atoms with Crippen molar-refractivity contribution < 1.29 is 0 Å². The van der Waals surface area contributed by atoms with Crippen LogP contribution in [0, 0.1) is 0 Å². The summed E-state index contributed by atoms with van der Waals surface area (Å²) in [6, 6.07) is 10.7. The Balaban J connectivity index is 2.80. The summed E-state index contributed by atoms with van der Waals surface area (Å²) in [4.78, 5) is 0. The lowest BCUT2D eigenvalue weighted by Crippen LogP contribution is -2.21. The molecule has 3 heteroatoms. The summed E-state index contributed by atoms with van der Waals surface area (Å²) in [5.74, 6) is 0. The predicted octanol–water partition coefficient (Wildman–Crippen LogP) is 3.39. The molecule has 0 atom stereocenters. The number of hydrogen-bond acceptors (Lipinski definition) is 3. The summed E-state index contributed by atoms with van der Waals surface area (Å²) in [6.45, 7) is 4.30. The van der Waals surface area contributed by atoms with Gasteiger partial charge in [0.05, 0.1) is 0 Å². The molecule has 0 unspecified atom stereocenters. The topological polar surface area (TPSA) is 3.24 Å². The summed E-state index contributed by atoms with van der Waals surface area (Å²) in [6.07, 6.45) is 0. The Kier molecular flexibility index (Phi) is 3.82. The van der Waals surface area contributed by atoms with E-state index in [1.165, 1.54) is 16.7 Å². The maximum absolute atomic E-state index is 4.21. The highest BCUT2D eigenvalue weighted by Crippen LogP contribution is 2.26. The maximum Gasteiger partial charge on any atom is 0.0480 e. The van der Waals surface area contributed by atoms with E-state index in [9.17, 15) is 0 Å². The highest BCUT2D eigenvalue weighted by molar-refractivity contribution is 8.69. The van der Waals surface area contributed by atoms with Gasteiger partial charge >= 0.3 is 0 Å². The van der Waals surface area contributed by atoms with Crippen molar-refractivity contribution in [2.75, 3.05) is 4.31 Å². The lowest BCUT2D eigenvalue weighted by Gasteiger charge is -2.24. The molecular formula is C9H13NS2. The minimum absolute atomic E-state index is 0.468. The number of benzene rings is 1. The van der Waals surface area contributed by atoms with Gasteiger partial charge in [-0.2, -0.15) is 0 Å². The normalized spacial score (nSPS) is 10.3. The fourth-order valence-corrected chi connectivity index (χ4v) is 2.27. The van der Waals surface area contributed by atoms with Crippen molar-refractivity contribution in [2.24, 2.45) is 0 Å². The number of para-hydroxylation sites is 1. The maximum atomic E-state index is 4.21. The van der Waals surface area contributed by atoms with Crippen molar-refractivity contribution in [3.63, 3.8) is 0 Å². The Morgan fingerprint density at radius 2 is 1.83 bits per heavy atom. The molecule has 0 aromatic heterocycles. The third-order valence-electron chi connectivity index (χ3n) is 1.57. The largest absolute Gasteiger partial charge is 0.305 e. The Hall–Kier alpha value is -0.280. The number of anilines is 1. The summed E-state index contributed by atoms with van der Waals surface area (Å²) < 4.78 is 2.16. The zero-order valence-electron chi connectivity index (χ0n) is 7.27.